The first-order chi connectivity index (χ1) is 10.7. The highest BCUT2D eigenvalue weighted by Crippen LogP contribution is 2.17. The fraction of sp³-hybridized carbons (Fsp3) is 0.0667. The zero-order valence-electron chi connectivity index (χ0n) is 11.5. The van der Waals surface area contributed by atoms with Gasteiger partial charge in [-0.25, -0.2) is 4.68 Å². The second kappa shape index (κ2) is 6.48. The smallest absolute Gasteiger partial charge is 0.246 e. The summed E-state index contributed by atoms with van der Waals surface area (Å²) >= 11 is 3.37. The molecule has 0 bridgehead atoms. The molecule has 1 aromatic heterocycles. The number of carbonyl (C=O) groups is 1. The summed E-state index contributed by atoms with van der Waals surface area (Å²) in [4.78, 5) is 12.1. The van der Waals surface area contributed by atoms with Gasteiger partial charge in [-0.3, -0.25) is 4.79 Å². The lowest BCUT2D eigenvalue weighted by atomic mass is 10.2. The Labute approximate surface area is 135 Å². The molecule has 0 aliphatic rings. The van der Waals surface area contributed by atoms with Crippen molar-refractivity contribution >= 4 is 27.5 Å². The molecule has 0 saturated heterocycles. The number of tetrazole rings is 1. The first-order valence-corrected chi connectivity index (χ1v) is 7.39. The zero-order chi connectivity index (χ0) is 15.4. The predicted molar refractivity (Wildman–Crippen MR) is 86.0 cm³/mol. The maximum absolute atomic E-state index is 12.1. The monoisotopic (exact) mass is 357 g/mol. The van der Waals surface area contributed by atoms with E-state index in [4.69, 9.17) is 0 Å². The third-order valence-electron chi connectivity index (χ3n) is 2.97. The molecule has 3 rings (SSSR count). The van der Waals surface area contributed by atoms with E-state index < -0.39 is 0 Å². The van der Waals surface area contributed by atoms with Crippen molar-refractivity contribution in [3.05, 3.63) is 59.1 Å². The van der Waals surface area contributed by atoms with Crippen LogP contribution in [0.2, 0.25) is 0 Å². The molecule has 1 amide bonds. The molecular formula is C15H12BrN5O. The van der Waals surface area contributed by atoms with Crippen LogP contribution in [-0.2, 0) is 11.3 Å². The molecule has 0 atom stereocenters. The topological polar surface area (TPSA) is 72.7 Å². The number of rotatable bonds is 4. The summed E-state index contributed by atoms with van der Waals surface area (Å²) in [5.41, 5.74) is 1.58. The van der Waals surface area contributed by atoms with Gasteiger partial charge in [0.2, 0.25) is 5.91 Å². The lowest BCUT2D eigenvalue weighted by Gasteiger charge is -2.07. The van der Waals surface area contributed by atoms with E-state index >= 15 is 0 Å². The van der Waals surface area contributed by atoms with E-state index in [1.54, 1.807) is 0 Å². The van der Waals surface area contributed by atoms with Gasteiger partial charge in [-0.2, -0.15) is 0 Å². The quantitative estimate of drug-likeness (QED) is 0.779. The molecule has 0 radical (unpaired) electrons. The summed E-state index contributed by atoms with van der Waals surface area (Å²) in [5, 5.41) is 14.3. The average molecular weight is 358 g/mol. The van der Waals surface area contributed by atoms with Crippen LogP contribution in [0.4, 0.5) is 5.69 Å². The van der Waals surface area contributed by atoms with Crippen LogP contribution in [0.25, 0.3) is 11.4 Å². The van der Waals surface area contributed by atoms with Crippen molar-refractivity contribution in [1.29, 1.82) is 0 Å². The number of nitrogens with zero attached hydrogens (tertiary/aromatic N) is 4. The van der Waals surface area contributed by atoms with E-state index in [0.29, 0.717) is 11.5 Å². The number of aromatic nitrogens is 4. The van der Waals surface area contributed by atoms with Crippen LogP contribution >= 0.6 is 15.9 Å². The Kier molecular flexibility index (Phi) is 4.24. The van der Waals surface area contributed by atoms with Crippen molar-refractivity contribution < 1.29 is 4.79 Å². The van der Waals surface area contributed by atoms with Crippen LogP contribution in [0.1, 0.15) is 0 Å². The first-order valence-electron chi connectivity index (χ1n) is 6.59. The lowest BCUT2D eigenvalue weighted by Crippen LogP contribution is -2.20. The third-order valence-corrected chi connectivity index (χ3v) is 3.46. The van der Waals surface area contributed by atoms with Gasteiger partial charge in [-0.1, -0.05) is 52.3 Å². The van der Waals surface area contributed by atoms with Gasteiger partial charge in [0.15, 0.2) is 5.82 Å². The molecular weight excluding hydrogens is 346 g/mol. The molecule has 0 unspecified atom stereocenters. The van der Waals surface area contributed by atoms with Gasteiger partial charge in [0.05, 0.1) is 0 Å². The van der Waals surface area contributed by atoms with Crippen LogP contribution < -0.4 is 5.32 Å². The second-order valence-electron chi connectivity index (χ2n) is 4.58. The van der Waals surface area contributed by atoms with Gasteiger partial charge < -0.3 is 5.32 Å². The Hall–Kier alpha value is -2.54. The number of benzene rings is 2. The SMILES string of the molecule is O=C(Cn1nnnc1-c1ccccc1)Nc1cccc(Br)c1. The van der Waals surface area contributed by atoms with Crippen molar-refractivity contribution in [3.63, 3.8) is 0 Å². The number of hydrogen-bond acceptors (Lipinski definition) is 4. The van der Waals surface area contributed by atoms with E-state index in [-0.39, 0.29) is 12.5 Å². The Morgan fingerprint density at radius 1 is 1.14 bits per heavy atom. The van der Waals surface area contributed by atoms with Crippen molar-refractivity contribution in [2.45, 2.75) is 6.54 Å². The van der Waals surface area contributed by atoms with Gasteiger partial charge in [-0.15, -0.1) is 5.10 Å². The summed E-state index contributed by atoms with van der Waals surface area (Å²) in [7, 11) is 0. The first kappa shape index (κ1) is 14.4. The zero-order valence-corrected chi connectivity index (χ0v) is 13.1. The fourth-order valence-corrected chi connectivity index (χ4v) is 2.41. The summed E-state index contributed by atoms with van der Waals surface area (Å²) in [6.45, 7) is 0.0454. The molecule has 1 N–H and O–H groups in total. The minimum Gasteiger partial charge on any atom is -0.324 e. The maximum Gasteiger partial charge on any atom is 0.246 e. The molecule has 0 saturated carbocycles. The average Bonchev–Trinajstić information content (AvgIpc) is 2.96. The number of nitrogens with one attached hydrogen (secondary N) is 1. The third kappa shape index (κ3) is 3.37. The van der Waals surface area contributed by atoms with Gasteiger partial charge in [0.25, 0.3) is 0 Å². The Morgan fingerprint density at radius 3 is 2.73 bits per heavy atom. The lowest BCUT2D eigenvalue weighted by molar-refractivity contribution is -0.116. The number of amides is 1. The normalized spacial score (nSPS) is 10.4. The highest BCUT2D eigenvalue weighted by atomic mass is 79.9. The predicted octanol–water partition coefficient (Wildman–Crippen LogP) is 2.74. The number of carbonyl (C=O) groups excluding carboxylic acids is 1. The minimum absolute atomic E-state index is 0.0454. The van der Waals surface area contributed by atoms with Gasteiger partial charge >= 0.3 is 0 Å². The standard InChI is InChI=1S/C15H12BrN5O/c16-12-7-4-8-13(9-12)17-14(22)10-21-15(18-19-20-21)11-5-2-1-3-6-11/h1-9H,10H2,(H,17,22). The molecule has 6 nitrogen and oxygen atoms in total. The molecule has 0 fully saturated rings. The molecule has 110 valence electrons. The van der Waals surface area contributed by atoms with Crippen molar-refractivity contribution in [2.75, 3.05) is 5.32 Å². The molecule has 3 aromatic rings. The molecule has 2 aromatic carbocycles. The summed E-state index contributed by atoms with van der Waals surface area (Å²) in [6, 6.07) is 16.9. The second-order valence-corrected chi connectivity index (χ2v) is 5.50. The van der Waals surface area contributed by atoms with E-state index in [2.05, 4.69) is 36.8 Å². The minimum atomic E-state index is -0.192. The van der Waals surface area contributed by atoms with E-state index in [9.17, 15) is 4.79 Å². The van der Waals surface area contributed by atoms with E-state index in [1.807, 2.05) is 54.6 Å². The molecule has 0 aliphatic carbocycles. The van der Waals surface area contributed by atoms with Crippen molar-refractivity contribution in [3.8, 4) is 11.4 Å². The summed E-state index contributed by atoms with van der Waals surface area (Å²) in [6.07, 6.45) is 0. The molecule has 7 heteroatoms. The largest absolute Gasteiger partial charge is 0.324 e. The van der Waals surface area contributed by atoms with E-state index in [1.165, 1.54) is 4.68 Å². The summed E-state index contributed by atoms with van der Waals surface area (Å²) in [5.74, 6) is 0.368. The molecule has 22 heavy (non-hydrogen) atoms. The van der Waals surface area contributed by atoms with Crippen molar-refractivity contribution in [1.82, 2.24) is 20.2 Å². The Balaban J connectivity index is 1.74. The number of hydrogen-bond donors (Lipinski definition) is 1. The van der Waals surface area contributed by atoms with Crippen LogP contribution in [0.15, 0.2) is 59.1 Å². The molecule has 0 aliphatic heterocycles. The van der Waals surface area contributed by atoms with E-state index in [0.717, 1.165) is 10.0 Å². The molecule has 0 spiro atoms. The Bertz CT molecular complexity index is 787. The van der Waals surface area contributed by atoms with Crippen LogP contribution in [0.5, 0.6) is 0 Å². The van der Waals surface area contributed by atoms with Crippen LogP contribution in [0.3, 0.4) is 0 Å². The Morgan fingerprint density at radius 2 is 1.95 bits per heavy atom. The van der Waals surface area contributed by atoms with Gasteiger partial charge in [0.1, 0.15) is 6.54 Å². The fourth-order valence-electron chi connectivity index (χ4n) is 2.01. The number of anilines is 1. The van der Waals surface area contributed by atoms with Gasteiger partial charge in [0, 0.05) is 15.7 Å². The van der Waals surface area contributed by atoms with Crippen LogP contribution in [0, 0.1) is 0 Å². The summed E-state index contributed by atoms with van der Waals surface area (Å²) < 4.78 is 2.38. The number of halogens is 1. The highest BCUT2D eigenvalue weighted by molar-refractivity contribution is 9.10. The highest BCUT2D eigenvalue weighted by Gasteiger charge is 2.12. The van der Waals surface area contributed by atoms with Crippen LogP contribution in [-0.4, -0.2) is 26.1 Å². The van der Waals surface area contributed by atoms with Gasteiger partial charge in [-0.05, 0) is 28.6 Å². The molecule has 1 heterocycles. The maximum atomic E-state index is 12.1. The van der Waals surface area contributed by atoms with Crippen molar-refractivity contribution in [2.24, 2.45) is 0 Å².